The molecule has 0 radical (unpaired) electrons. The van der Waals surface area contributed by atoms with Gasteiger partial charge in [0.15, 0.2) is 5.65 Å². The van der Waals surface area contributed by atoms with Crippen LogP contribution >= 0.6 is 11.9 Å². The second-order valence-electron chi connectivity index (χ2n) is 10.3. The summed E-state index contributed by atoms with van der Waals surface area (Å²) in [6.07, 6.45) is 3.21. The molecule has 3 heterocycles. The number of benzene rings is 1. The van der Waals surface area contributed by atoms with Crippen LogP contribution in [0.3, 0.4) is 0 Å². The van der Waals surface area contributed by atoms with Gasteiger partial charge in [-0.05, 0) is 63.5 Å². The van der Waals surface area contributed by atoms with Crippen LogP contribution in [0.4, 0.5) is 5.95 Å². The van der Waals surface area contributed by atoms with Crippen molar-refractivity contribution in [2.45, 2.75) is 57.7 Å². The van der Waals surface area contributed by atoms with Gasteiger partial charge in [-0.2, -0.15) is 10.1 Å². The first-order chi connectivity index (χ1) is 15.2. The zero-order chi connectivity index (χ0) is 22.7. The first-order valence-electron chi connectivity index (χ1n) is 11.4. The zero-order valence-corrected chi connectivity index (χ0v) is 20.3. The van der Waals surface area contributed by atoms with Gasteiger partial charge in [-0.3, -0.25) is 19.2 Å². The lowest BCUT2D eigenvalue weighted by molar-refractivity contribution is 0.178. The van der Waals surface area contributed by atoms with Crippen molar-refractivity contribution in [3.63, 3.8) is 0 Å². The number of H-pyrrole nitrogens is 1. The highest BCUT2D eigenvalue weighted by Crippen LogP contribution is 2.53. The van der Waals surface area contributed by atoms with Gasteiger partial charge in [0.05, 0.1) is 5.69 Å². The molecule has 7 nitrogen and oxygen atoms in total. The molecule has 1 atom stereocenters. The van der Waals surface area contributed by atoms with Crippen molar-refractivity contribution in [3.8, 4) is 0 Å². The van der Waals surface area contributed by atoms with Crippen LogP contribution in [0.25, 0.3) is 11.0 Å². The number of nitrogens with zero attached hydrogens (tertiary/aromatic N) is 4. The normalized spacial score (nSPS) is 20.3. The van der Waals surface area contributed by atoms with E-state index < -0.39 is 0 Å². The summed E-state index contributed by atoms with van der Waals surface area (Å²) in [4.78, 5) is 20.0. The molecule has 170 valence electrons. The molecule has 0 saturated carbocycles. The standard InChI is InChI=1S/C24H32N6OS/c1-15-18-20(27-26-15)25-22(29(5)21(18)31)30-12-10-24(11-13-30)14-16-8-6-7-9-17(16)19(24)28-32-23(2,3)4/h6-9,19,28H,10-14H2,1-5H3,(H,26,27). The fraction of sp³-hybridized carbons (Fsp3) is 0.542. The van der Waals surface area contributed by atoms with Gasteiger partial charge in [0, 0.05) is 30.9 Å². The van der Waals surface area contributed by atoms with Crippen molar-refractivity contribution in [3.05, 3.63) is 51.4 Å². The van der Waals surface area contributed by atoms with Crippen molar-refractivity contribution >= 4 is 28.9 Å². The van der Waals surface area contributed by atoms with E-state index in [9.17, 15) is 4.79 Å². The first kappa shape index (κ1) is 21.5. The molecule has 0 bridgehead atoms. The molecule has 1 aromatic carbocycles. The van der Waals surface area contributed by atoms with Crippen molar-refractivity contribution in [1.29, 1.82) is 0 Å². The lowest BCUT2D eigenvalue weighted by atomic mass is 9.73. The summed E-state index contributed by atoms with van der Waals surface area (Å²) in [5, 5.41) is 7.69. The summed E-state index contributed by atoms with van der Waals surface area (Å²) >= 11 is 1.83. The Balaban J connectivity index is 1.42. The van der Waals surface area contributed by atoms with Crippen LogP contribution in [-0.2, 0) is 13.5 Å². The number of nitrogens with one attached hydrogen (secondary N) is 2. The van der Waals surface area contributed by atoms with Crippen LogP contribution < -0.4 is 15.2 Å². The Labute approximate surface area is 193 Å². The third kappa shape index (κ3) is 3.53. The van der Waals surface area contributed by atoms with E-state index in [0.29, 0.717) is 22.8 Å². The van der Waals surface area contributed by atoms with Gasteiger partial charge < -0.3 is 4.90 Å². The highest BCUT2D eigenvalue weighted by Gasteiger charge is 2.48. The van der Waals surface area contributed by atoms with E-state index in [1.165, 1.54) is 11.1 Å². The summed E-state index contributed by atoms with van der Waals surface area (Å²) in [5.74, 6) is 0.727. The van der Waals surface area contributed by atoms with Crippen molar-refractivity contribution < 1.29 is 0 Å². The van der Waals surface area contributed by atoms with E-state index in [0.717, 1.165) is 38.3 Å². The van der Waals surface area contributed by atoms with Crippen LogP contribution in [0, 0.1) is 12.3 Å². The largest absolute Gasteiger partial charge is 0.342 e. The molecule has 0 amide bonds. The van der Waals surface area contributed by atoms with Crippen molar-refractivity contribution in [1.82, 2.24) is 24.5 Å². The molecule has 2 aliphatic rings. The fourth-order valence-electron chi connectivity index (χ4n) is 5.30. The molecule has 2 N–H and O–H groups in total. The van der Waals surface area contributed by atoms with Gasteiger partial charge in [-0.1, -0.05) is 36.2 Å². The Morgan fingerprint density at radius 2 is 1.94 bits per heavy atom. The number of aromatic amines is 1. The minimum Gasteiger partial charge on any atom is -0.342 e. The van der Waals surface area contributed by atoms with Crippen LogP contribution in [0.2, 0.25) is 0 Å². The number of hydrogen-bond acceptors (Lipinski definition) is 6. The number of aromatic nitrogens is 4. The molecule has 8 heteroatoms. The molecule has 32 heavy (non-hydrogen) atoms. The Kier molecular flexibility index (Phi) is 5.13. The molecule has 1 fully saturated rings. The highest BCUT2D eigenvalue weighted by molar-refractivity contribution is 7.98. The third-order valence-electron chi connectivity index (χ3n) is 7.00. The second-order valence-corrected chi connectivity index (χ2v) is 12.0. The van der Waals surface area contributed by atoms with Crippen LogP contribution in [0.1, 0.15) is 56.5 Å². The molecule has 1 saturated heterocycles. The van der Waals surface area contributed by atoms with Crippen LogP contribution in [0.15, 0.2) is 29.1 Å². The molecular formula is C24H32N6OS. The van der Waals surface area contributed by atoms with E-state index in [1.54, 1.807) is 4.57 Å². The monoisotopic (exact) mass is 452 g/mol. The minimum atomic E-state index is -0.0362. The smallest absolute Gasteiger partial charge is 0.266 e. The van der Waals surface area contributed by atoms with E-state index in [-0.39, 0.29) is 15.7 Å². The number of aryl methyl sites for hydroxylation is 1. The molecule has 2 aromatic heterocycles. The highest BCUT2D eigenvalue weighted by atomic mass is 32.2. The average Bonchev–Trinajstić information content (AvgIpc) is 3.26. The average molecular weight is 453 g/mol. The van der Waals surface area contributed by atoms with E-state index in [2.05, 4.69) is 64.9 Å². The number of anilines is 1. The van der Waals surface area contributed by atoms with Crippen molar-refractivity contribution in [2.24, 2.45) is 12.5 Å². The lowest BCUT2D eigenvalue weighted by Gasteiger charge is -2.44. The van der Waals surface area contributed by atoms with Crippen LogP contribution in [-0.4, -0.2) is 37.6 Å². The van der Waals surface area contributed by atoms with E-state index in [1.807, 2.05) is 25.9 Å². The quantitative estimate of drug-likeness (QED) is 0.587. The van der Waals surface area contributed by atoms with Crippen LogP contribution in [0.5, 0.6) is 0 Å². The Bertz CT molecular complexity index is 1220. The fourth-order valence-corrected chi connectivity index (χ4v) is 6.15. The SMILES string of the molecule is Cc1n[nH]c2nc(N3CCC4(CC3)Cc3ccccc3C4NSC(C)(C)C)n(C)c(=O)c12. The maximum Gasteiger partial charge on any atom is 0.266 e. The first-order valence-corrected chi connectivity index (χ1v) is 12.2. The Morgan fingerprint density at radius 1 is 1.22 bits per heavy atom. The van der Waals surface area contributed by atoms with Gasteiger partial charge in [0.1, 0.15) is 5.39 Å². The lowest BCUT2D eigenvalue weighted by Crippen LogP contribution is -2.46. The maximum absolute atomic E-state index is 12.9. The predicted molar refractivity (Wildman–Crippen MR) is 131 cm³/mol. The summed E-state index contributed by atoms with van der Waals surface area (Å²) in [7, 11) is 1.82. The van der Waals surface area contributed by atoms with Gasteiger partial charge in [-0.15, -0.1) is 0 Å². The van der Waals surface area contributed by atoms with E-state index in [4.69, 9.17) is 4.98 Å². The minimum absolute atomic E-state index is 0.0362. The summed E-state index contributed by atoms with van der Waals surface area (Å²) < 4.78 is 5.68. The molecule has 1 aliphatic heterocycles. The van der Waals surface area contributed by atoms with Gasteiger partial charge >= 0.3 is 0 Å². The third-order valence-corrected chi connectivity index (χ3v) is 7.97. The Hall–Kier alpha value is -2.32. The van der Waals surface area contributed by atoms with E-state index >= 15 is 0 Å². The van der Waals surface area contributed by atoms with Gasteiger partial charge in [-0.25, -0.2) is 0 Å². The maximum atomic E-state index is 12.9. The Morgan fingerprint density at radius 3 is 2.66 bits per heavy atom. The number of fused-ring (bicyclic) bond motifs is 2. The zero-order valence-electron chi connectivity index (χ0n) is 19.5. The summed E-state index contributed by atoms with van der Waals surface area (Å²) in [6.45, 7) is 10.4. The van der Waals surface area contributed by atoms with Gasteiger partial charge in [0.2, 0.25) is 5.95 Å². The molecular weight excluding hydrogens is 420 g/mol. The molecule has 5 rings (SSSR count). The number of piperidine rings is 1. The molecule has 1 spiro atoms. The van der Waals surface area contributed by atoms with Crippen molar-refractivity contribution in [2.75, 3.05) is 18.0 Å². The summed E-state index contributed by atoms with van der Waals surface area (Å²) in [6, 6.07) is 9.22. The molecule has 1 aliphatic carbocycles. The molecule has 1 unspecified atom stereocenters. The van der Waals surface area contributed by atoms with Gasteiger partial charge in [0.25, 0.3) is 5.56 Å². The number of rotatable bonds is 3. The second kappa shape index (κ2) is 7.63. The predicted octanol–water partition coefficient (Wildman–Crippen LogP) is 3.89. The topological polar surface area (TPSA) is 78.8 Å². The number of hydrogen-bond donors (Lipinski definition) is 2. The summed E-state index contributed by atoms with van der Waals surface area (Å²) in [5.41, 5.74) is 4.34. The molecule has 3 aromatic rings.